The highest BCUT2D eigenvalue weighted by atomic mass is 19.1. The van der Waals surface area contributed by atoms with Crippen molar-refractivity contribution in [3.8, 4) is 0 Å². The Morgan fingerprint density at radius 1 is 1.57 bits per heavy atom. The Morgan fingerprint density at radius 2 is 2.24 bits per heavy atom. The molecular weight excluding hydrogens is 297 g/mol. The van der Waals surface area contributed by atoms with E-state index in [1.54, 1.807) is 4.98 Å². The summed E-state index contributed by atoms with van der Waals surface area (Å²) in [4.78, 5) is 24.1. The number of H-pyrrole nitrogens is 1. The number of methoxy groups -OCH3 is 1. The van der Waals surface area contributed by atoms with Crippen LogP contribution < -0.4 is 11.2 Å². The summed E-state index contributed by atoms with van der Waals surface area (Å²) in [6, 6.07) is 0. The number of aromatic nitrogens is 2. The van der Waals surface area contributed by atoms with Crippen LogP contribution in [-0.2, 0) is 9.47 Å². The number of aliphatic hydroxyl groups is 1. The third kappa shape index (κ3) is 2.49. The lowest BCUT2D eigenvalue weighted by atomic mass is 9.98. The fraction of sp³-hybridized carbons (Fsp3) is 0.636. The van der Waals surface area contributed by atoms with E-state index in [0.717, 1.165) is 0 Å². The molecular formula is C11H13F3N2O5. The smallest absolute Gasteiger partial charge is 0.330 e. The van der Waals surface area contributed by atoms with E-state index in [1.165, 1.54) is 7.11 Å². The van der Waals surface area contributed by atoms with E-state index in [1.807, 2.05) is 0 Å². The highest BCUT2D eigenvalue weighted by Crippen LogP contribution is 2.39. The first-order chi connectivity index (χ1) is 9.86. The summed E-state index contributed by atoms with van der Waals surface area (Å²) in [5, 5.41) is 9.78. The zero-order valence-corrected chi connectivity index (χ0v) is 10.9. The van der Waals surface area contributed by atoms with Gasteiger partial charge >= 0.3 is 5.69 Å². The Bertz CT molecular complexity index is 633. The molecule has 1 aromatic heterocycles. The van der Waals surface area contributed by atoms with Crippen molar-refractivity contribution in [3.63, 3.8) is 0 Å². The molecule has 1 fully saturated rings. The zero-order chi connectivity index (χ0) is 15.8. The maximum atomic E-state index is 14.1. The van der Waals surface area contributed by atoms with Crippen LogP contribution in [0.3, 0.4) is 0 Å². The minimum Gasteiger partial charge on any atom is -0.387 e. The van der Waals surface area contributed by atoms with Crippen LogP contribution in [0.2, 0.25) is 0 Å². The van der Waals surface area contributed by atoms with Crippen LogP contribution >= 0.6 is 0 Å². The van der Waals surface area contributed by atoms with Crippen molar-refractivity contribution >= 4 is 0 Å². The first kappa shape index (κ1) is 15.7. The lowest BCUT2D eigenvalue weighted by Gasteiger charge is -2.27. The molecule has 2 rings (SSSR count). The second-order valence-corrected chi connectivity index (χ2v) is 4.67. The van der Waals surface area contributed by atoms with Gasteiger partial charge in [0, 0.05) is 7.11 Å². The molecule has 1 saturated heterocycles. The van der Waals surface area contributed by atoms with E-state index in [9.17, 15) is 27.9 Å². The molecule has 0 spiro atoms. The van der Waals surface area contributed by atoms with Gasteiger partial charge in [-0.05, 0) is 0 Å². The third-order valence-electron chi connectivity index (χ3n) is 3.28. The highest BCUT2D eigenvalue weighted by molar-refractivity contribution is 5.02. The van der Waals surface area contributed by atoms with E-state index in [2.05, 4.69) is 4.74 Å². The molecule has 1 aromatic rings. The second kappa shape index (κ2) is 5.62. The minimum absolute atomic E-state index is 0.414. The molecule has 10 heteroatoms. The molecule has 0 bridgehead atoms. The van der Waals surface area contributed by atoms with Gasteiger partial charge in [0.15, 0.2) is 18.0 Å². The number of nitrogens with one attached hydrogen (secondary N) is 1. The first-order valence-electron chi connectivity index (χ1n) is 5.92. The Labute approximate surface area is 115 Å². The largest absolute Gasteiger partial charge is 0.387 e. The highest BCUT2D eigenvalue weighted by Gasteiger charge is 2.56. The number of nitrogens with zero attached hydrogens (tertiary/aromatic N) is 1. The van der Waals surface area contributed by atoms with Gasteiger partial charge in [-0.15, -0.1) is 0 Å². The average Bonchev–Trinajstić information content (AvgIpc) is 2.69. The summed E-state index contributed by atoms with van der Waals surface area (Å²) in [5.41, 5.74) is -4.43. The lowest BCUT2D eigenvalue weighted by molar-refractivity contribution is -0.144. The lowest BCUT2D eigenvalue weighted by Crippen LogP contribution is -2.48. The first-order valence-corrected chi connectivity index (χ1v) is 5.92. The van der Waals surface area contributed by atoms with E-state index in [4.69, 9.17) is 4.74 Å². The normalized spacial score (nSPS) is 32.5. The van der Waals surface area contributed by atoms with Gasteiger partial charge in [0.25, 0.3) is 5.56 Å². The fourth-order valence-corrected chi connectivity index (χ4v) is 2.19. The molecule has 2 N–H and O–H groups in total. The summed E-state index contributed by atoms with van der Waals surface area (Å²) < 4.78 is 50.6. The van der Waals surface area contributed by atoms with E-state index < -0.39 is 54.5 Å². The van der Waals surface area contributed by atoms with Crippen LogP contribution in [-0.4, -0.2) is 52.9 Å². The van der Waals surface area contributed by atoms with Crippen LogP contribution in [0, 0.1) is 5.82 Å². The van der Waals surface area contributed by atoms with Crippen LogP contribution in [0.4, 0.5) is 13.2 Å². The second-order valence-electron chi connectivity index (χ2n) is 4.67. The number of hydrogen-bond donors (Lipinski definition) is 2. The Morgan fingerprint density at radius 3 is 2.81 bits per heavy atom. The molecule has 7 nitrogen and oxygen atoms in total. The van der Waals surface area contributed by atoms with Gasteiger partial charge in [-0.1, -0.05) is 0 Å². The molecule has 0 aliphatic carbocycles. The number of alkyl halides is 2. The summed E-state index contributed by atoms with van der Waals surface area (Å²) in [6.07, 6.45) is -5.48. The zero-order valence-electron chi connectivity index (χ0n) is 10.9. The summed E-state index contributed by atoms with van der Waals surface area (Å²) in [5.74, 6) is -1.34. The van der Waals surface area contributed by atoms with Crippen LogP contribution in [0.1, 0.15) is 6.23 Å². The summed E-state index contributed by atoms with van der Waals surface area (Å²) >= 11 is 0. The molecule has 21 heavy (non-hydrogen) atoms. The fourth-order valence-electron chi connectivity index (χ4n) is 2.19. The SMILES string of the molecule is COC[C@@]1(CF)O[C@@H](n2cc(F)c(=O)[nH]c2=O)[C@H](F)[C@@H]1O. The molecule has 0 saturated carbocycles. The molecule has 4 atom stereocenters. The molecule has 118 valence electrons. The Balaban J connectivity index is 2.45. The van der Waals surface area contributed by atoms with E-state index in [-0.39, 0.29) is 0 Å². The summed E-state index contributed by atoms with van der Waals surface area (Å²) in [7, 11) is 1.19. The number of hydrogen-bond acceptors (Lipinski definition) is 5. The van der Waals surface area contributed by atoms with Crippen molar-refractivity contribution in [3.05, 3.63) is 32.9 Å². The number of halogens is 3. The van der Waals surface area contributed by atoms with Crippen molar-refractivity contribution in [2.75, 3.05) is 20.4 Å². The van der Waals surface area contributed by atoms with Gasteiger partial charge in [-0.3, -0.25) is 14.3 Å². The van der Waals surface area contributed by atoms with Crippen molar-refractivity contribution in [2.45, 2.75) is 24.1 Å². The number of aliphatic hydroxyl groups excluding tert-OH is 1. The molecule has 0 amide bonds. The Kier molecular flexibility index (Phi) is 4.21. The van der Waals surface area contributed by atoms with Gasteiger partial charge in [-0.25, -0.2) is 13.6 Å². The van der Waals surface area contributed by atoms with Crippen LogP contribution in [0.15, 0.2) is 15.8 Å². The van der Waals surface area contributed by atoms with Gasteiger partial charge in [-0.2, -0.15) is 4.39 Å². The minimum atomic E-state index is -2.21. The number of rotatable bonds is 4. The number of aromatic amines is 1. The van der Waals surface area contributed by atoms with Gasteiger partial charge in [0.05, 0.1) is 12.8 Å². The Hall–Kier alpha value is -1.65. The molecule has 2 heterocycles. The van der Waals surface area contributed by atoms with E-state index in [0.29, 0.717) is 10.8 Å². The van der Waals surface area contributed by atoms with Gasteiger partial charge in [0.1, 0.15) is 12.8 Å². The molecule has 1 aliphatic rings. The van der Waals surface area contributed by atoms with Crippen molar-refractivity contribution in [2.24, 2.45) is 0 Å². The topological polar surface area (TPSA) is 93.5 Å². The van der Waals surface area contributed by atoms with Gasteiger partial charge < -0.3 is 14.6 Å². The van der Waals surface area contributed by atoms with Crippen LogP contribution in [0.5, 0.6) is 0 Å². The van der Waals surface area contributed by atoms with Crippen LogP contribution in [0.25, 0.3) is 0 Å². The van der Waals surface area contributed by atoms with Crippen molar-refractivity contribution in [1.82, 2.24) is 9.55 Å². The average molecular weight is 310 g/mol. The predicted octanol–water partition coefficient (Wildman–Crippen LogP) is -0.742. The quantitative estimate of drug-likeness (QED) is 0.764. The van der Waals surface area contributed by atoms with E-state index >= 15 is 0 Å². The third-order valence-corrected chi connectivity index (χ3v) is 3.28. The van der Waals surface area contributed by atoms with Crippen molar-refractivity contribution < 1.29 is 27.8 Å². The monoisotopic (exact) mass is 310 g/mol. The molecule has 1 aliphatic heterocycles. The van der Waals surface area contributed by atoms with Gasteiger partial charge in [0.2, 0.25) is 5.82 Å². The maximum absolute atomic E-state index is 14.1. The summed E-state index contributed by atoms with van der Waals surface area (Å²) in [6.45, 7) is -1.75. The molecule has 0 unspecified atom stereocenters. The number of ether oxygens (including phenoxy) is 2. The molecule has 0 radical (unpaired) electrons. The molecule has 0 aromatic carbocycles. The maximum Gasteiger partial charge on any atom is 0.330 e. The van der Waals surface area contributed by atoms with Crippen molar-refractivity contribution in [1.29, 1.82) is 0 Å². The predicted molar refractivity (Wildman–Crippen MR) is 62.9 cm³/mol. The standard InChI is InChI=1S/C11H13F3N2O5/c1-20-4-11(3-12)7(17)6(14)9(21-11)16-2-5(13)8(18)15-10(16)19/h2,6-7,9,17H,3-4H2,1H3,(H,15,18,19)/t6-,7+,9-,11-/m1/s1.